The maximum atomic E-state index is 13.9. The van der Waals surface area contributed by atoms with E-state index in [0.29, 0.717) is 65.2 Å². The Labute approximate surface area is 746 Å². The van der Waals surface area contributed by atoms with Crippen molar-refractivity contribution in [3.8, 4) is 0 Å². The number of alkyl halides is 6. The fourth-order valence-corrected chi connectivity index (χ4v) is 17.2. The SMILES string of the molecule is CCCC(C)N1CCC(N(Cc2ccccc2)C(=O)Nc2cc(Cl)ccc2Cl)CC1.CCCC(C)N1CCC(N(Cc2ccccc2)C(=O)Nc2cccc(F)c2C)CC1.O=C(Nc1cccc(C(F)(F)F)c1)N(Cc1ccccc1)C1CCN(CC2=CCC=N2)CC1.O=C(Nc1cccc(C(F)(F)F)c1)N(Cc1ccccc1)C1CCN(Cc2ccn[nH]2)CC1. The van der Waals surface area contributed by atoms with Gasteiger partial charge in [-0.2, -0.15) is 31.4 Å². The largest absolute Gasteiger partial charge is 0.416 e. The van der Waals surface area contributed by atoms with Gasteiger partial charge in [-0.3, -0.25) is 19.9 Å². The van der Waals surface area contributed by atoms with E-state index >= 15 is 0 Å². The van der Waals surface area contributed by atoms with E-state index in [9.17, 15) is 49.9 Å². The number of H-pyrrole nitrogens is 1. The Balaban J connectivity index is 0.000000163. The highest BCUT2D eigenvalue weighted by Crippen LogP contribution is 2.35. The second-order valence-corrected chi connectivity index (χ2v) is 33.9. The van der Waals surface area contributed by atoms with Crippen molar-refractivity contribution in [1.82, 2.24) is 49.4 Å². The van der Waals surface area contributed by atoms with Crippen molar-refractivity contribution < 1.29 is 49.9 Å². The number of halogens is 9. The van der Waals surface area contributed by atoms with Crippen LogP contribution in [0.2, 0.25) is 10.0 Å². The number of nitrogens with one attached hydrogen (secondary N) is 5. The van der Waals surface area contributed by atoms with Gasteiger partial charge in [0.15, 0.2) is 0 Å². The maximum Gasteiger partial charge on any atom is 0.416 e. The molecule has 14 rings (SSSR count). The molecule has 28 heteroatoms. The van der Waals surface area contributed by atoms with Crippen molar-refractivity contribution in [2.24, 2.45) is 4.99 Å². The lowest BCUT2D eigenvalue weighted by Crippen LogP contribution is -2.50. The zero-order valence-corrected chi connectivity index (χ0v) is 74.0. The number of rotatable bonds is 26. The average molecular weight is 1770 g/mol. The van der Waals surface area contributed by atoms with Crippen LogP contribution in [0.15, 0.2) is 235 Å². The van der Waals surface area contributed by atoms with Gasteiger partial charge in [0.2, 0.25) is 0 Å². The molecule has 6 heterocycles. The summed E-state index contributed by atoms with van der Waals surface area (Å²) in [5.41, 5.74) is 6.52. The Morgan fingerprint density at radius 1 is 0.460 bits per heavy atom. The van der Waals surface area contributed by atoms with Gasteiger partial charge in [0.05, 0.1) is 27.5 Å². The van der Waals surface area contributed by atoms with Crippen LogP contribution in [0.3, 0.4) is 0 Å². The Morgan fingerprint density at radius 2 is 0.841 bits per heavy atom. The number of aliphatic imine (C=N–C) groups is 1. The van der Waals surface area contributed by atoms with Crippen LogP contribution in [0.1, 0.15) is 156 Å². The molecule has 5 aliphatic rings. The van der Waals surface area contributed by atoms with Gasteiger partial charge in [0.25, 0.3) is 0 Å². The Kier molecular flexibility index (Phi) is 36.4. The third-order valence-electron chi connectivity index (χ3n) is 24.0. The van der Waals surface area contributed by atoms with E-state index in [1.807, 2.05) is 131 Å². The summed E-state index contributed by atoms with van der Waals surface area (Å²) in [4.78, 5) is 74.5. The van der Waals surface area contributed by atoms with E-state index < -0.39 is 29.5 Å². The molecule has 0 radical (unpaired) electrons. The number of allylic oxidation sites excluding steroid dienone is 1. The van der Waals surface area contributed by atoms with Gasteiger partial charge in [-0.25, -0.2) is 23.6 Å². The number of anilines is 4. The topological polar surface area (TPSA) is 183 Å². The number of likely N-dealkylation sites (tertiary alicyclic amines) is 4. The fourth-order valence-electron chi connectivity index (χ4n) is 16.8. The van der Waals surface area contributed by atoms with Crippen molar-refractivity contribution in [2.45, 2.75) is 199 Å². The first-order valence-electron chi connectivity index (χ1n) is 43.9. The van der Waals surface area contributed by atoms with Gasteiger partial charge >= 0.3 is 36.5 Å². The van der Waals surface area contributed by atoms with E-state index in [2.05, 4.69) is 102 Å². The number of urea groups is 4. The molecule has 4 fully saturated rings. The molecule has 8 aromatic carbocycles. The second kappa shape index (κ2) is 47.8. The highest BCUT2D eigenvalue weighted by molar-refractivity contribution is 6.35. The number of hydrogen-bond donors (Lipinski definition) is 5. The lowest BCUT2D eigenvalue weighted by Gasteiger charge is -2.40. The Morgan fingerprint density at radius 3 is 1.21 bits per heavy atom. The van der Waals surface area contributed by atoms with E-state index in [1.165, 1.54) is 56.0 Å². The van der Waals surface area contributed by atoms with Crippen LogP contribution in [0.4, 0.5) is 72.7 Å². The summed E-state index contributed by atoms with van der Waals surface area (Å²) in [7, 11) is 0. The number of nitrogens with zero attached hydrogens (tertiary/aromatic N) is 10. The van der Waals surface area contributed by atoms with Crippen molar-refractivity contribution in [1.29, 1.82) is 0 Å². The molecule has 2 atom stereocenters. The van der Waals surface area contributed by atoms with Gasteiger partial charge in [-0.15, -0.1) is 0 Å². The summed E-state index contributed by atoms with van der Waals surface area (Å²) in [6.45, 7) is 21.6. The smallest absolute Gasteiger partial charge is 0.317 e. The van der Waals surface area contributed by atoms with Crippen LogP contribution in [-0.4, -0.2) is 175 Å². The molecule has 4 saturated heterocycles. The molecule has 0 spiro atoms. The number of benzene rings is 8. The van der Waals surface area contributed by atoms with Gasteiger partial charge in [-0.05, 0) is 180 Å². The second-order valence-electron chi connectivity index (χ2n) is 33.0. The van der Waals surface area contributed by atoms with Crippen molar-refractivity contribution >= 4 is 76.3 Å². The first-order chi connectivity index (χ1) is 60.7. The molecule has 5 aliphatic heterocycles. The Bertz CT molecular complexity index is 4820. The summed E-state index contributed by atoms with van der Waals surface area (Å²) in [5, 5.41) is 19.3. The summed E-state index contributed by atoms with van der Waals surface area (Å²) < 4.78 is 92.4. The lowest BCUT2D eigenvalue weighted by atomic mass is 10.00. The normalized spacial score (nSPS) is 16.3. The highest BCUT2D eigenvalue weighted by Gasteiger charge is 2.37. The molecule has 1 aromatic heterocycles. The maximum absolute atomic E-state index is 13.9. The van der Waals surface area contributed by atoms with Crippen LogP contribution in [0.25, 0.3) is 0 Å². The van der Waals surface area contributed by atoms with Crippen LogP contribution < -0.4 is 21.3 Å². The van der Waals surface area contributed by atoms with Gasteiger partial charge in [-0.1, -0.05) is 195 Å². The molecule has 2 unspecified atom stereocenters. The van der Waals surface area contributed by atoms with E-state index in [1.54, 1.807) is 53.3 Å². The molecule has 672 valence electrons. The molecule has 5 N–H and O–H groups in total. The lowest BCUT2D eigenvalue weighted by molar-refractivity contribution is -0.138. The molecule has 126 heavy (non-hydrogen) atoms. The van der Waals surface area contributed by atoms with Crippen LogP contribution in [-0.2, 0) is 45.1 Å². The van der Waals surface area contributed by atoms with Crippen molar-refractivity contribution in [2.75, 3.05) is 80.2 Å². The standard InChI is InChI=1S/C25H27F3N4O.C25H34FN3O.C24H31Cl2N3O.C24H26F3N5O/c26-25(27,28)20-8-4-9-21(16-20)30-24(33)32(17-19-6-2-1-3-7-19)23-11-14-31(15-12-23)18-22-10-5-13-29-22;1-4-9-19(2)28-16-14-22(15-17-28)29(18-21-10-6-5-7-11-21)25(30)27-24-13-8-12-23(26)20(24)3;1-3-7-18(2)28-14-12-21(13-15-28)29(17-19-8-5-4-6-9-19)24(30)27-23-16-20(25)10-11-22(23)26;25-24(26,27)19-7-4-8-20(15-19)29-23(33)32(16-18-5-2-1-3-6-18)22-10-13-31(14-11-22)17-21-9-12-28-30-21/h1-4,6-10,13,16,23H,5,11-12,14-15,17-18H2,(H,30,33);5-8,10-13,19,22H,4,9,14-18H2,1-3H3,(H,27,30);4-6,8-11,16,18,21H,3,7,12-15,17H2,1-2H3,(H,27,30);1-9,12,15,22H,10-11,13-14,16-17H2,(H,28,30)(H,29,33). The van der Waals surface area contributed by atoms with Gasteiger partial charge < -0.3 is 50.7 Å². The molecular weight excluding hydrogens is 1660 g/mol. The van der Waals surface area contributed by atoms with Crippen LogP contribution in [0.5, 0.6) is 0 Å². The van der Waals surface area contributed by atoms with E-state index in [0.717, 1.165) is 181 Å². The summed E-state index contributed by atoms with van der Waals surface area (Å²) in [6, 6.07) is 61.2. The van der Waals surface area contributed by atoms with Crippen molar-refractivity contribution in [3.05, 3.63) is 291 Å². The summed E-state index contributed by atoms with van der Waals surface area (Å²) in [6.07, 6.45) is 9.49. The van der Waals surface area contributed by atoms with Crippen LogP contribution >= 0.6 is 23.2 Å². The number of hydrogen-bond acceptors (Lipinski definition) is 10. The number of aromatic nitrogens is 2. The molecular formula is C98H118Cl2F7N15O4. The van der Waals surface area contributed by atoms with Gasteiger partial charge in [0.1, 0.15) is 5.82 Å². The number of carbonyl (C=O) groups excluding carboxylic acids is 4. The summed E-state index contributed by atoms with van der Waals surface area (Å²) >= 11 is 12.4. The third-order valence-corrected chi connectivity index (χ3v) is 24.5. The quantitative estimate of drug-likeness (QED) is 0.0329. The third kappa shape index (κ3) is 29.5. The molecule has 9 aromatic rings. The minimum atomic E-state index is -4.47. The van der Waals surface area contributed by atoms with Crippen molar-refractivity contribution in [3.63, 3.8) is 0 Å². The fraction of sp³-hybridized carbons (Fsp3) is 0.408. The van der Waals surface area contributed by atoms with E-state index in [4.69, 9.17) is 23.2 Å². The molecule has 0 saturated carbocycles. The summed E-state index contributed by atoms with van der Waals surface area (Å²) in [5.74, 6) is -0.305. The van der Waals surface area contributed by atoms with E-state index in [-0.39, 0.29) is 59.5 Å². The number of piperidine rings is 4. The number of amides is 8. The highest BCUT2D eigenvalue weighted by atomic mass is 35.5. The molecule has 19 nitrogen and oxygen atoms in total. The molecule has 0 aliphatic carbocycles. The Hall–Kier alpha value is -10.6. The minimum absolute atomic E-state index is 0.00619. The first kappa shape index (κ1) is 96.0. The van der Waals surface area contributed by atoms with Crippen LogP contribution in [0, 0.1) is 12.7 Å². The first-order valence-corrected chi connectivity index (χ1v) is 44.6. The number of aromatic amines is 1. The number of carbonyl (C=O) groups is 4. The minimum Gasteiger partial charge on any atom is -0.317 e. The predicted molar refractivity (Wildman–Crippen MR) is 490 cm³/mol. The average Bonchev–Trinajstić information content (AvgIpc) is 0.882. The molecule has 8 amide bonds. The molecule has 0 bridgehead atoms. The zero-order chi connectivity index (χ0) is 89.5. The predicted octanol–water partition coefficient (Wildman–Crippen LogP) is 23.2. The van der Waals surface area contributed by atoms with Gasteiger partial charge in [0, 0.05) is 180 Å². The monoisotopic (exact) mass is 1770 g/mol. The zero-order valence-electron chi connectivity index (χ0n) is 72.5.